The van der Waals surface area contributed by atoms with E-state index in [-0.39, 0.29) is 17.0 Å². The average molecular weight is 227 g/mol. The second-order valence-corrected chi connectivity index (χ2v) is 4.49. The van der Waals surface area contributed by atoms with Crippen molar-refractivity contribution < 1.29 is 13.9 Å². The molecule has 0 radical (unpaired) electrons. The maximum absolute atomic E-state index is 12.8. The van der Waals surface area contributed by atoms with Crippen LogP contribution < -0.4 is 5.73 Å². The summed E-state index contributed by atoms with van der Waals surface area (Å²) in [6.45, 7) is 0.456. The number of esters is 1. The highest BCUT2D eigenvalue weighted by molar-refractivity contribution is 8.00. The Balaban J connectivity index is 2.13. The number of carbonyl (C=O) groups is 1. The highest BCUT2D eigenvalue weighted by atomic mass is 32.2. The van der Waals surface area contributed by atoms with Crippen molar-refractivity contribution in [2.45, 2.75) is 16.6 Å². The Morgan fingerprint density at radius 1 is 1.53 bits per heavy atom. The average Bonchev–Trinajstić information content (AvgIpc) is 2.57. The molecular weight excluding hydrogens is 217 g/mol. The molecule has 0 aromatic heterocycles. The number of rotatable bonds is 2. The van der Waals surface area contributed by atoms with Crippen molar-refractivity contribution in [2.24, 2.45) is 0 Å². The van der Waals surface area contributed by atoms with E-state index >= 15 is 0 Å². The first kappa shape index (κ1) is 10.3. The summed E-state index contributed by atoms with van der Waals surface area (Å²) in [6, 6.07) is 4.17. The third kappa shape index (κ3) is 2.23. The zero-order valence-corrected chi connectivity index (χ0v) is 8.72. The van der Waals surface area contributed by atoms with Crippen LogP contribution in [0.2, 0.25) is 0 Å². The highest BCUT2D eigenvalue weighted by Gasteiger charge is 2.27. The first-order valence-corrected chi connectivity index (χ1v) is 5.43. The van der Waals surface area contributed by atoms with Gasteiger partial charge in [0.1, 0.15) is 11.1 Å². The van der Waals surface area contributed by atoms with Crippen molar-refractivity contribution >= 4 is 23.4 Å². The molecular formula is C10H10FNO2S. The number of cyclic esters (lactones) is 1. The second kappa shape index (κ2) is 4.10. The van der Waals surface area contributed by atoms with Gasteiger partial charge in [0.15, 0.2) is 0 Å². The summed E-state index contributed by atoms with van der Waals surface area (Å²) in [6.07, 6.45) is 0.681. The van der Waals surface area contributed by atoms with Crippen LogP contribution in [0, 0.1) is 5.82 Å². The quantitative estimate of drug-likeness (QED) is 0.618. The number of nitrogen functional groups attached to an aromatic ring is 1. The molecule has 2 rings (SSSR count). The number of ether oxygens (including phenoxy) is 1. The molecule has 80 valence electrons. The molecule has 0 aliphatic carbocycles. The number of thioether (sulfide) groups is 1. The van der Waals surface area contributed by atoms with Crippen molar-refractivity contribution in [3.05, 3.63) is 24.0 Å². The van der Waals surface area contributed by atoms with Crippen molar-refractivity contribution in [2.75, 3.05) is 12.3 Å². The fourth-order valence-electron chi connectivity index (χ4n) is 1.36. The Morgan fingerprint density at radius 2 is 2.33 bits per heavy atom. The Hall–Kier alpha value is -1.23. The molecule has 5 heteroatoms. The molecule has 1 saturated heterocycles. The van der Waals surface area contributed by atoms with Crippen LogP contribution >= 0.6 is 11.8 Å². The van der Waals surface area contributed by atoms with Gasteiger partial charge in [0.25, 0.3) is 0 Å². The van der Waals surface area contributed by atoms with E-state index in [0.717, 1.165) is 4.90 Å². The van der Waals surface area contributed by atoms with E-state index in [1.165, 1.54) is 23.9 Å². The Labute approximate surface area is 90.8 Å². The van der Waals surface area contributed by atoms with E-state index in [2.05, 4.69) is 0 Å². The summed E-state index contributed by atoms with van der Waals surface area (Å²) in [4.78, 5) is 11.9. The topological polar surface area (TPSA) is 52.3 Å². The molecule has 0 bridgehead atoms. The lowest BCUT2D eigenvalue weighted by atomic mass is 10.3. The zero-order valence-electron chi connectivity index (χ0n) is 7.90. The molecule has 1 fully saturated rings. The summed E-state index contributed by atoms with van der Waals surface area (Å²) in [5.74, 6) is -0.588. The van der Waals surface area contributed by atoms with Gasteiger partial charge in [0.2, 0.25) is 0 Å². The van der Waals surface area contributed by atoms with E-state index in [1.807, 2.05) is 0 Å². The molecule has 3 nitrogen and oxygen atoms in total. The molecule has 0 spiro atoms. The monoisotopic (exact) mass is 227 g/mol. The van der Waals surface area contributed by atoms with Crippen LogP contribution in [0.1, 0.15) is 6.42 Å². The number of halogens is 1. The summed E-state index contributed by atoms with van der Waals surface area (Å²) in [5.41, 5.74) is 5.99. The van der Waals surface area contributed by atoms with E-state index < -0.39 is 0 Å². The van der Waals surface area contributed by atoms with Gasteiger partial charge in [0.05, 0.1) is 6.61 Å². The molecule has 0 amide bonds. The third-order valence-electron chi connectivity index (χ3n) is 2.13. The fourth-order valence-corrected chi connectivity index (χ4v) is 2.39. The van der Waals surface area contributed by atoms with E-state index in [4.69, 9.17) is 10.5 Å². The predicted octanol–water partition coefficient (Wildman–Crippen LogP) is 1.82. The smallest absolute Gasteiger partial charge is 0.319 e. The normalized spacial score (nSPS) is 20.3. The van der Waals surface area contributed by atoms with Crippen molar-refractivity contribution in [1.29, 1.82) is 0 Å². The lowest BCUT2D eigenvalue weighted by molar-refractivity contribution is -0.137. The molecule has 0 saturated carbocycles. The summed E-state index contributed by atoms with van der Waals surface area (Å²) >= 11 is 1.33. The third-order valence-corrected chi connectivity index (χ3v) is 3.47. The molecule has 1 aromatic rings. The van der Waals surface area contributed by atoms with Crippen LogP contribution in [-0.2, 0) is 9.53 Å². The Kier molecular flexibility index (Phi) is 2.81. The molecule has 1 aliphatic heterocycles. The lowest BCUT2D eigenvalue weighted by Gasteiger charge is -2.07. The van der Waals surface area contributed by atoms with Gasteiger partial charge in [-0.3, -0.25) is 4.79 Å². The summed E-state index contributed by atoms with van der Waals surface area (Å²) in [5, 5.41) is -0.210. The van der Waals surface area contributed by atoms with Gasteiger partial charge in [-0.25, -0.2) is 4.39 Å². The Morgan fingerprint density at radius 3 is 2.93 bits per heavy atom. The number of hydrogen-bond donors (Lipinski definition) is 1. The first-order valence-electron chi connectivity index (χ1n) is 4.55. The summed E-state index contributed by atoms with van der Waals surface area (Å²) < 4.78 is 17.6. The minimum absolute atomic E-state index is 0.210. The Bertz CT molecular complexity index is 397. The SMILES string of the molecule is Nc1cc(F)ccc1SC1CCOC1=O. The fraction of sp³-hybridized carbons (Fsp3) is 0.300. The van der Waals surface area contributed by atoms with Crippen molar-refractivity contribution in [3.63, 3.8) is 0 Å². The minimum Gasteiger partial charge on any atom is -0.465 e. The first-order chi connectivity index (χ1) is 7.16. The molecule has 1 aliphatic rings. The van der Waals surface area contributed by atoms with E-state index in [1.54, 1.807) is 6.07 Å². The van der Waals surface area contributed by atoms with Gasteiger partial charge in [-0.1, -0.05) is 0 Å². The largest absolute Gasteiger partial charge is 0.465 e. The van der Waals surface area contributed by atoms with Gasteiger partial charge in [-0.2, -0.15) is 0 Å². The standard InChI is InChI=1S/C10H10FNO2S/c11-6-1-2-8(7(12)5-6)15-9-3-4-14-10(9)13/h1-2,5,9H,3-4,12H2. The number of carbonyl (C=O) groups excluding carboxylic acids is 1. The van der Waals surface area contributed by atoms with Crippen LogP contribution in [0.3, 0.4) is 0 Å². The summed E-state index contributed by atoms with van der Waals surface area (Å²) in [7, 11) is 0. The van der Waals surface area contributed by atoms with Gasteiger partial charge in [-0.15, -0.1) is 11.8 Å². The minimum atomic E-state index is -0.370. The lowest BCUT2D eigenvalue weighted by Crippen LogP contribution is -2.09. The number of nitrogens with two attached hydrogens (primary N) is 1. The predicted molar refractivity (Wildman–Crippen MR) is 56.0 cm³/mol. The molecule has 2 N–H and O–H groups in total. The molecule has 1 unspecified atom stereocenters. The van der Waals surface area contributed by atoms with Crippen LogP contribution in [0.15, 0.2) is 23.1 Å². The van der Waals surface area contributed by atoms with Crippen LogP contribution in [-0.4, -0.2) is 17.8 Å². The molecule has 1 heterocycles. The van der Waals surface area contributed by atoms with Gasteiger partial charge < -0.3 is 10.5 Å². The van der Waals surface area contributed by atoms with Gasteiger partial charge >= 0.3 is 5.97 Å². The van der Waals surface area contributed by atoms with E-state index in [9.17, 15) is 9.18 Å². The second-order valence-electron chi connectivity index (χ2n) is 3.24. The zero-order chi connectivity index (χ0) is 10.8. The van der Waals surface area contributed by atoms with E-state index in [0.29, 0.717) is 18.7 Å². The van der Waals surface area contributed by atoms with Crippen molar-refractivity contribution in [1.82, 2.24) is 0 Å². The number of benzene rings is 1. The number of hydrogen-bond acceptors (Lipinski definition) is 4. The van der Waals surface area contributed by atoms with Crippen LogP contribution in [0.5, 0.6) is 0 Å². The maximum Gasteiger partial charge on any atom is 0.319 e. The van der Waals surface area contributed by atoms with Gasteiger partial charge in [0, 0.05) is 17.0 Å². The van der Waals surface area contributed by atoms with Crippen LogP contribution in [0.4, 0.5) is 10.1 Å². The molecule has 1 atom stereocenters. The molecule has 1 aromatic carbocycles. The van der Waals surface area contributed by atoms with Crippen LogP contribution in [0.25, 0.3) is 0 Å². The van der Waals surface area contributed by atoms with Gasteiger partial charge in [-0.05, 0) is 18.2 Å². The highest BCUT2D eigenvalue weighted by Crippen LogP contribution is 2.33. The molecule has 15 heavy (non-hydrogen) atoms. The number of anilines is 1. The maximum atomic E-state index is 12.8. The van der Waals surface area contributed by atoms with Crippen molar-refractivity contribution in [3.8, 4) is 0 Å².